The third-order valence-corrected chi connectivity index (χ3v) is 5.70. The van der Waals surface area contributed by atoms with Gasteiger partial charge < -0.3 is 25.4 Å². The van der Waals surface area contributed by atoms with E-state index in [1.807, 2.05) is 43.1 Å². The minimum Gasteiger partial charge on any atom is -0.373 e. The molecule has 0 saturated carbocycles. The molecule has 3 heterocycles. The fourth-order valence-electron chi connectivity index (χ4n) is 3.99. The fourth-order valence-corrected chi connectivity index (χ4v) is 3.99. The predicted octanol–water partition coefficient (Wildman–Crippen LogP) is 2.46. The van der Waals surface area contributed by atoms with E-state index in [-0.39, 0.29) is 17.5 Å². The van der Waals surface area contributed by atoms with Gasteiger partial charge in [-0.25, -0.2) is 4.98 Å². The lowest BCUT2D eigenvalue weighted by Gasteiger charge is -2.29. The minimum atomic E-state index is -0.122. The molecule has 3 rings (SSSR count). The molecule has 3 N–H and O–H groups in total. The SMILES string of the molecule is CCN(c1cc(-c2ccnc(NC)c2)c[nH]c1=O)C1CCN(C(=O)/C=C/CNC(C)C)C1. The molecule has 1 aliphatic heterocycles. The van der Waals surface area contributed by atoms with Crippen LogP contribution in [0.15, 0.2) is 47.5 Å². The lowest BCUT2D eigenvalue weighted by atomic mass is 10.1. The second-order valence-corrected chi connectivity index (χ2v) is 8.26. The summed E-state index contributed by atoms with van der Waals surface area (Å²) in [5, 5.41) is 6.31. The maximum atomic E-state index is 12.7. The van der Waals surface area contributed by atoms with Crippen LogP contribution >= 0.6 is 0 Å². The Labute approximate surface area is 189 Å². The van der Waals surface area contributed by atoms with Crippen molar-refractivity contribution in [2.24, 2.45) is 0 Å². The van der Waals surface area contributed by atoms with Gasteiger partial charge in [0.25, 0.3) is 5.56 Å². The molecule has 1 fully saturated rings. The van der Waals surface area contributed by atoms with Gasteiger partial charge in [-0.1, -0.05) is 19.9 Å². The highest BCUT2D eigenvalue weighted by molar-refractivity contribution is 5.88. The lowest BCUT2D eigenvalue weighted by Crippen LogP contribution is -2.41. The zero-order valence-corrected chi connectivity index (χ0v) is 19.4. The highest BCUT2D eigenvalue weighted by Crippen LogP contribution is 2.26. The van der Waals surface area contributed by atoms with Crippen molar-refractivity contribution in [3.8, 4) is 11.1 Å². The molecule has 0 spiro atoms. The van der Waals surface area contributed by atoms with Crippen LogP contribution in [0.5, 0.6) is 0 Å². The molecule has 1 atom stereocenters. The van der Waals surface area contributed by atoms with E-state index in [9.17, 15) is 9.59 Å². The molecule has 1 saturated heterocycles. The predicted molar refractivity (Wildman–Crippen MR) is 130 cm³/mol. The Morgan fingerprint density at radius 2 is 2.19 bits per heavy atom. The molecule has 1 aliphatic rings. The van der Waals surface area contributed by atoms with Crippen molar-refractivity contribution in [1.82, 2.24) is 20.2 Å². The summed E-state index contributed by atoms with van der Waals surface area (Å²) in [5.74, 6) is 0.789. The Hall–Kier alpha value is -3.13. The smallest absolute Gasteiger partial charge is 0.271 e. The molecule has 0 aliphatic carbocycles. The van der Waals surface area contributed by atoms with Crippen molar-refractivity contribution >= 4 is 17.4 Å². The van der Waals surface area contributed by atoms with Gasteiger partial charge in [0.1, 0.15) is 11.5 Å². The summed E-state index contributed by atoms with van der Waals surface area (Å²) in [7, 11) is 1.83. The first-order valence-electron chi connectivity index (χ1n) is 11.2. The molecule has 2 aromatic rings. The Morgan fingerprint density at radius 3 is 2.91 bits per heavy atom. The van der Waals surface area contributed by atoms with Crippen LogP contribution in [0, 0.1) is 0 Å². The highest BCUT2D eigenvalue weighted by atomic mass is 16.2. The average molecular weight is 439 g/mol. The van der Waals surface area contributed by atoms with Crippen molar-refractivity contribution in [2.75, 3.05) is 43.4 Å². The summed E-state index contributed by atoms with van der Waals surface area (Å²) < 4.78 is 0. The van der Waals surface area contributed by atoms with Crippen LogP contribution in [0.1, 0.15) is 27.2 Å². The second-order valence-electron chi connectivity index (χ2n) is 8.26. The Morgan fingerprint density at radius 1 is 1.38 bits per heavy atom. The maximum Gasteiger partial charge on any atom is 0.271 e. The molecule has 1 unspecified atom stereocenters. The van der Waals surface area contributed by atoms with Crippen molar-refractivity contribution < 1.29 is 4.79 Å². The fraction of sp³-hybridized carbons (Fsp3) is 0.458. The first-order valence-corrected chi connectivity index (χ1v) is 11.2. The largest absolute Gasteiger partial charge is 0.373 e. The number of pyridine rings is 2. The number of nitrogens with zero attached hydrogens (tertiary/aromatic N) is 3. The van der Waals surface area contributed by atoms with Gasteiger partial charge >= 0.3 is 0 Å². The van der Waals surface area contributed by atoms with E-state index in [4.69, 9.17) is 0 Å². The Balaban J connectivity index is 1.74. The van der Waals surface area contributed by atoms with Gasteiger partial charge in [0, 0.05) is 69.3 Å². The molecular weight excluding hydrogens is 404 g/mol. The number of nitrogens with one attached hydrogen (secondary N) is 3. The number of likely N-dealkylation sites (tertiary alicyclic amines) is 1. The summed E-state index contributed by atoms with van der Waals surface area (Å²) in [6.45, 7) is 8.85. The summed E-state index contributed by atoms with van der Waals surface area (Å²) in [6, 6.07) is 6.29. The van der Waals surface area contributed by atoms with E-state index in [0.29, 0.717) is 37.9 Å². The zero-order chi connectivity index (χ0) is 23.1. The van der Waals surface area contributed by atoms with Crippen molar-refractivity contribution in [2.45, 2.75) is 39.3 Å². The molecule has 8 nitrogen and oxygen atoms in total. The standard InChI is InChI=1S/C24H34N6O2/c1-5-30(20-9-12-29(16-20)23(31)7-6-10-26-17(2)3)21-13-19(15-28-24(21)32)18-8-11-27-22(14-18)25-4/h6-8,11,13-15,17,20,26H,5,9-10,12,16H2,1-4H3,(H,25,27)(H,28,32)/b7-6+. The molecule has 2 aromatic heterocycles. The first-order chi connectivity index (χ1) is 15.4. The van der Waals surface area contributed by atoms with Gasteiger partial charge in [-0.3, -0.25) is 9.59 Å². The van der Waals surface area contributed by atoms with Crippen LogP contribution < -0.4 is 21.1 Å². The number of carbonyl (C=O) groups excluding carboxylic acids is 1. The summed E-state index contributed by atoms with van der Waals surface area (Å²) in [5.41, 5.74) is 2.40. The number of carbonyl (C=O) groups is 1. The maximum absolute atomic E-state index is 12.7. The van der Waals surface area contributed by atoms with E-state index in [1.165, 1.54) is 0 Å². The molecule has 32 heavy (non-hydrogen) atoms. The van der Waals surface area contributed by atoms with E-state index in [0.717, 1.165) is 23.4 Å². The summed E-state index contributed by atoms with van der Waals surface area (Å²) in [6.07, 6.45) is 7.82. The van der Waals surface area contributed by atoms with Gasteiger partial charge in [0.15, 0.2) is 0 Å². The van der Waals surface area contributed by atoms with Crippen LogP contribution in [0.2, 0.25) is 0 Å². The first kappa shape index (κ1) is 23.5. The van der Waals surface area contributed by atoms with Gasteiger partial charge in [-0.2, -0.15) is 0 Å². The molecule has 8 heteroatoms. The lowest BCUT2D eigenvalue weighted by molar-refractivity contribution is -0.125. The van der Waals surface area contributed by atoms with Crippen molar-refractivity contribution in [1.29, 1.82) is 0 Å². The van der Waals surface area contributed by atoms with Gasteiger partial charge in [-0.15, -0.1) is 0 Å². The van der Waals surface area contributed by atoms with Crippen LogP contribution in [-0.4, -0.2) is 66.1 Å². The average Bonchev–Trinajstić information content (AvgIpc) is 3.28. The molecule has 0 radical (unpaired) electrons. The number of anilines is 2. The quantitative estimate of drug-likeness (QED) is 0.521. The third-order valence-electron chi connectivity index (χ3n) is 5.70. The number of amides is 1. The topological polar surface area (TPSA) is 93.4 Å². The second kappa shape index (κ2) is 10.9. The molecule has 0 bridgehead atoms. The van der Waals surface area contributed by atoms with Crippen molar-refractivity contribution in [3.63, 3.8) is 0 Å². The highest BCUT2D eigenvalue weighted by Gasteiger charge is 2.30. The number of hydrogen-bond acceptors (Lipinski definition) is 6. The van der Waals surface area contributed by atoms with Crippen LogP contribution in [0.3, 0.4) is 0 Å². The monoisotopic (exact) mass is 438 g/mol. The Bertz CT molecular complexity index is 1000. The zero-order valence-electron chi connectivity index (χ0n) is 19.4. The van der Waals surface area contributed by atoms with E-state index in [1.54, 1.807) is 18.5 Å². The van der Waals surface area contributed by atoms with Crippen LogP contribution in [-0.2, 0) is 4.79 Å². The molecular formula is C24H34N6O2. The van der Waals surface area contributed by atoms with Crippen LogP contribution in [0.25, 0.3) is 11.1 Å². The van der Waals surface area contributed by atoms with Crippen LogP contribution in [0.4, 0.5) is 11.5 Å². The van der Waals surface area contributed by atoms with E-state index < -0.39 is 0 Å². The number of aromatic amines is 1. The number of H-pyrrole nitrogens is 1. The molecule has 172 valence electrons. The summed E-state index contributed by atoms with van der Waals surface area (Å²) >= 11 is 0. The molecule has 0 aromatic carbocycles. The van der Waals surface area contributed by atoms with Gasteiger partial charge in [-0.05, 0) is 37.1 Å². The number of rotatable bonds is 9. The van der Waals surface area contributed by atoms with Gasteiger partial charge in [0.05, 0.1) is 0 Å². The number of likely N-dealkylation sites (N-methyl/N-ethyl adjacent to an activating group) is 1. The minimum absolute atomic E-state index is 0.0214. The number of aromatic nitrogens is 2. The summed E-state index contributed by atoms with van der Waals surface area (Å²) in [4.78, 5) is 36.4. The Kier molecular flexibility index (Phi) is 8.05. The van der Waals surface area contributed by atoms with Crippen molar-refractivity contribution in [3.05, 3.63) is 53.1 Å². The van der Waals surface area contributed by atoms with E-state index in [2.05, 4.69) is 39.3 Å². The van der Waals surface area contributed by atoms with Gasteiger partial charge in [0.2, 0.25) is 5.91 Å². The number of hydrogen-bond donors (Lipinski definition) is 3. The third kappa shape index (κ3) is 5.76. The normalized spacial score (nSPS) is 16.2. The molecule has 1 amide bonds. The van der Waals surface area contributed by atoms with E-state index >= 15 is 0 Å².